The van der Waals surface area contributed by atoms with Crippen LogP contribution in [0.5, 0.6) is 0 Å². The topological polar surface area (TPSA) is 223 Å². The Morgan fingerprint density at radius 1 is 0.578 bits per heavy atom. The minimum Gasteiger partial charge on any atom is -0.354 e. The fourth-order valence-corrected chi connectivity index (χ4v) is 11.4. The largest absolute Gasteiger partial charge is 0.354 e. The van der Waals surface area contributed by atoms with E-state index in [0.29, 0.717) is 28.6 Å². The van der Waals surface area contributed by atoms with Crippen molar-refractivity contribution in [3.63, 3.8) is 0 Å². The fourth-order valence-electron chi connectivity index (χ4n) is 11.4. The zero-order valence-electron chi connectivity index (χ0n) is 51.0. The molecule has 0 saturated carbocycles. The molecular weight excluding hydrogens is 1130 g/mol. The van der Waals surface area contributed by atoms with E-state index in [2.05, 4.69) is 88.4 Å². The van der Waals surface area contributed by atoms with Gasteiger partial charge in [-0.05, 0) is 168 Å². The van der Waals surface area contributed by atoms with Crippen molar-refractivity contribution < 1.29 is 8.78 Å². The van der Waals surface area contributed by atoms with E-state index >= 15 is 0 Å². The van der Waals surface area contributed by atoms with Crippen molar-refractivity contribution in [1.29, 1.82) is 0 Å². The minimum absolute atomic E-state index is 0.267. The lowest BCUT2D eigenvalue weighted by Gasteiger charge is -2.14. The number of anilines is 1. The van der Waals surface area contributed by atoms with Crippen LogP contribution in [-0.4, -0.2) is 127 Å². The first-order chi connectivity index (χ1) is 44.0. The summed E-state index contributed by atoms with van der Waals surface area (Å²) in [5.74, 6) is 0.635. The van der Waals surface area contributed by atoms with E-state index in [0.717, 1.165) is 170 Å². The van der Waals surface area contributed by atoms with Crippen molar-refractivity contribution in [2.45, 2.75) is 58.9 Å². The molecule has 1 aliphatic rings. The lowest BCUT2D eigenvalue weighted by molar-refractivity contribution is 0.331. The molecule has 90 heavy (non-hydrogen) atoms. The number of nitrogens with one attached hydrogen (secondary N) is 6. The maximum absolute atomic E-state index is 14.8. The second kappa shape index (κ2) is 27.4. The van der Waals surface area contributed by atoms with E-state index in [1.807, 2.05) is 108 Å². The van der Waals surface area contributed by atoms with Crippen molar-refractivity contribution in [3.05, 3.63) is 193 Å². The molecule has 13 aromatic rings. The molecule has 0 aliphatic carbocycles. The molecule has 11 heterocycles. The molecule has 0 spiro atoms. The summed E-state index contributed by atoms with van der Waals surface area (Å²) in [6, 6.07) is 28.4. The zero-order valence-corrected chi connectivity index (χ0v) is 51.0. The third-order valence-electron chi connectivity index (χ3n) is 15.8. The van der Waals surface area contributed by atoms with E-state index in [-0.39, 0.29) is 11.6 Å². The van der Waals surface area contributed by atoms with Gasteiger partial charge in [0, 0.05) is 76.3 Å². The van der Waals surface area contributed by atoms with Gasteiger partial charge < -0.3 is 25.5 Å². The first-order valence-corrected chi connectivity index (χ1v) is 30.4. The van der Waals surface area contributed by atoms with Gasteiger partial charge in [-0.2, -0.15) is 10.2 Å². The Morgan fingerprint density at radius 2 is 1.11 bits per heavy atom. The highest BCUT2D eigenvalue weighted by Gasteiger charge is 2.21. The maximum Gasteiger partial charge on any atom is 0.159 e. The Kier molecular flexibility index (Phi) is 18.3. The number of aromatic nitrogens is 14. The van der Waals surface area contributed by atoms with Gasteiger partial charge in [-0.15, -0.1) is 0 Å². The summed E-state index contributed by atoms with van der Waals surface area (Å²) >= 11 is 0. The molecule has 10 aromatic heterocycles. The lowest BCUT2D eigenvalue weighted by atomic mass is 10.0. The van der Waals surface area contributed by atoms with E-state index in [9.17, 15) is 8.78 Å². The molecule has 1 aliphatic heterocycles. The van der Waals surface area contributed by atoms with Crippen LogP contribution in [0, 0.1) is 11.6 Å². The number of hydrogen-bond donors (Lipinski definition) is 6. The summed E-state index contributed by atoms with van der Waals surface area (Å²) < 4.78 is 29.4. The minimum atomic E-state index is -0.276. The van der Waals surface area contributed by atoms with Gasteiger partial charge in [0.1, 0.15) is 23.0 Å². The number of aromatic amines is 4. The predicted octanol–water partition coefficient (Wildman–Crippen LogP) is 13.9. The average Bonchev–Trinajstić information content (AvgIpc) is 1.73. The Labute approximate surface area is 519 Å². The molecule has 0 amide bonds. The lowest BCUT2D eigenvalue weighted by Crippen LogP contribution is -2.18. The quantitative estimate of drug-likeness (QED) is 0.0415. The number of halogens is 2. The Balaban J connectivity index is 0.000000170. The number of benzene rings is 3. The molecule has 14 rings (SSSR count). The number of nitrogens with zero attached hydrogens (tertiary/aromatic N) is 12. The number of pyridine rings is 6. The van der Waals surface area contributed by atoms with Crippen molar-refractivity contribution >= 4 is 55.3 Å². The summed E-state index contributed by atoms with van der Waals surface area (Å²) in [4.78, 5) is 48.4. The molecule has 3 aromatic carbocycles. The number of fused-ring (bicyclic) bond motifs is 4. The number of hydrogen-bond acceptors (Lipinski definition) is 14. The van der Waals surface area contributed by atoms with Gasteiger partial charge in [0.15, 0.2) is 11.6 Å². The van der Waals surface area contributed by atoms with Crippen LogP contribution in [0.4, 0.5) is 14.5 Å². The van der Waals surface area contributed by atoms with Gasteiger partial charge >= 0.3 is 0 Å². The molecule has 1 saturated heterocycles. The predicted molar refractivity (Wildman–Crippen MR) is 355 cm³/mol. The SMILES string of the molecule is C=C(Nc1cncc(-c2cc3c(-c4nc5c(-c6cc(F)cc(CCCN(C)C)c6)cncc5[nH]4)n[nH]c3cn2)c1)c1ccccc1.CC.CNCCCc1cc(F)cc(-c2cncc3[nH]c(-c4n[nH]c5cnc(-c6cncc(CN7CCCC7)c6)cc45)nc23)c1. The second-order valence-corrected chi connectivity index (χ2v) is 22.5. The van der Waals surface area contributed by atoms with Gasteiger partial charge in [-0.3, -0.25) is 45.0 Å². The smallest absolute Gasteiger partial charge is 0.159 e. The van der Waals surface area contributed by atoms with Crippen LogP contribution in [0.3, 0.4) is 0 Å². The summed E-state index contributed by atoms with van der Waals surface area (Å²) in [5.41, 5.74) is 17.8. The van der Waals surface area contributed by atoms with Crippen molar-refractivity contribution in [1.82, 2.24) is 85.4 Å². The van der Waals surface area contributed by atoms with Crippen molar-refractivity contribution in [3.8, 4) is 67.8 Å². The Bertz CT molecular complexity index is 4640. The summed E-state index contributed by atoms with van der Waals surface area (Å²) in [6.45, 7) is 13.2. The van der Waals surface area contributed by atoms with E-state index < -0.39 is 0 Å². The third-order valence-corrected chi connectivity index (χ3v) is 15.8. The molecule has 6 N–H and O–H groups in total. The van der Waals surface area contributed by atoms with Crippen LogP contribution < -0.4 is 10.6 Å². The number of aryl methyl sites for hydroxylation is 2. The van der Waals surface area contributed by atoms with Crippen LogP contribution in [0.1, 0.15) is 61.8 Å². The Morgan fingerprint density at radius 3 is 1.68 bits per heavy atom. The maximum atomic E-state index is 14.8. The van der Waals surface area contributed by atoms with Crippen molar-refractivity contribution in [2.24, 2.45) is 0 Å². The summed E-state index contributed by atoms with van der Waals surface area (Å²) in [5, 5.41) is 23.6. The van der Waals surface area contributed by atoms with E-state index in [4.69, 9.17) is 15.0 Å². The molecule has 0 unspecified atom stereocenters. The standard InChI is InChI=1S/C36H32FN9.C32H32FN9.C2H6/c1-22(24-9-5-4-6-10-24)41-28-15-26(17-38-18-28)31-16-29-32(21-40-31)44-45-35(29)36-42-33-20-39-19-30(34(33)43-36)25-12-23(13-27(37)14-25)8-7-11-46(2)3;1-34-6-4-5-20-9-22(12-24(33)11-20)26-16-36-17-29-30(26)39-32(38-29)31-25-13-27(37-18-28(25)40-41-31)23-10-21(14-35-15-23)19-42-7-2-3-8-42;1-2/h4-6,9-10,12-21,41H,1,7-8,11H2,2-3H3,(H,42,43)(H,44,45);9-18,34H,2-8,19H2,1H3,(H,38,39)(H,40,41);1-2H3. The van der Waals surface area contributed by atoms with Gasteiger partial charge in [0.2, 0.25) is 0 Å². The van der Waals surface area contributed by atoms with Crippen LogP contribution in [-0.2, 0) is 19.4 Å². The van der Waals surface area contributed by atoms with E-state index in [1.165, 1.54) is 24.5 Å². The monoisotopic (exact) mass is 1200 g/mol. The molecule has 0 radical (unpaired) electrons. The van der Waals surface area contributed by atoms with Crippen molar-refractivity contribution in [2.75, 3.05) is 52.6 Å². The Hall–Kier alpha value is -10.3. The summed E-state index contributed by atoms with van der Waals surface area (Å²) in [6.07, 6.45) is 23.8. The van der Waals surface area contributed by atoms with Gasteiger partial charge in [-0.25, -0.2) is 18.7 Å². The van der Waals surface area contributed by atoms with Gasteiger partial charge in [0.25, 0.3) is 0 Å². The molecule has 1 fully saturated rings. The number of H-pyrrole nitrogens is 4. The van der Waals surface area contributed by atoms with Gasteiger partial charge in [0.05, 0.1) is 81.2 Å². The van der Waals surface area contributed by atoms with Crippen LogP contribution >= 0.6 is 0 Å². The molecule has 0 bridgehead atoms. The molecule has 0 atom stereocenters. The molecule has 20 heteroatoms. The van der Waals surface area contributed by atoms with Crippen LogP contribution in [0.25, 0.3) is 117 Å². The fraction of sp³-hybridized carbons (Fsp3) is 0.229. The highest BCUT2D eigenvalue weighted by atomic mass is 19.1. The third kappa shape index (κ3) is 13.6. The molecular formula is C70H70F2N18. The number of likely N-dealkylation sites (tertiary alicyclic amines) is 1. The normalized spacial score (nSPS) is 12.4. The highest BCUT2D eigenvalue weighted by Crippen LogP contribution is 2.36. The first-order valence-electron chi connectivity index (χ1n) is 30.4. The number of imidazole rings is 2. The molecule has 454 valence electrons. The zero-order chi connectivity index (χ0) is 62.1. The number of rotatable bonds is 19. The highest BCUT2D eigenvalue weighted by molar-refractivity contribution is 5.99. The van der Waals surface area contributed by atoms with Gasteiger partial charge in [-0.1, -0.05) is 62.9 Å². The van der Waals surface area contributed by atoms with E-state index in [1.54, 1.807) is 67.8 Å². The van der Waals surface area contributed by atoms with Crippen LogP contribution in [0.15, 0.2) is 160 Å². The summed E-state index contributed by atoms with van der Waals surface area (Å²) in [7, 11) is 6.00. The first kappa shape index (κ1) is 60.0. The molecule has 18 nitrogen and oxygen atoms in total. The second-order valence-electron chi connectivity index (χ2n) is 22.5. The van der Waals surface area contributed by atoms with Crippen LogP contribution in [0.2, 0.25) is 0 Å². The average molecular weight is 1200 g/mol.